The highest BCUT2D eigenvalue weighted by atomic mass is 35.5. The van der Waals surface area contributed by atoms with E-state index in [1.807, 2.05) is 37.4 Å². The molecular formula is C17H18ClNO2S. The molecule has 0 aliphatic heterocycles. The number of nitrogens with one attached hydrogen (secondary N) is 1. The first-order chi connectivity index (χ1) is 10.5. The van der Waals surface area contributed by atoms with Gasteiger partial charge in [0.05, 0.1) is 18.7 Å². The lowest BCUT2D eigenvalue weighted by Crippen LogP contribution is -2.27. The van der Waals surface area contributed by atoms with Crippen molar-refractivity contribution in [2.24, 2.45) is 0 Å². The van der Waals surface area contributed by atoms with E-state index >= 15 is 0 Å². The Morgan fingerprint density at radius 2 is 1.91 bits per heavy atom. The lowest BCUT2D eigenvalue weighted by atomic mass is 10.1. The zero-order valence-electron chi connectivity index (χ0n) is 12.7. The summed E-state index contributed by atoms with van der Waals surface area (Å²) in [6.45, 7) is 1.95. The fourth-order valence-corrected chi connectivity index (χ4v) is 2.69. The molecule has 1 atom stereocenters. The Kier molecular flexibility index (Phi) is 5.75. The van der Waals surface area contributed by atoms with Crippen LogP contribution in [0.15, 0.2) is 47.4 Å². The molecule has 1 N–H and O–H groups in total. The second-order valence-corrected chi connectivity index (χ2v) is 6.13. The molecule has 0 fully saturated rings. The average molecular weight is 336 g/mol. The summed E-state index contributed by atoms with van der Waals surface area (Å²) in [4.78, 5) is 13.6. The van der Waals surface area contributed by atoms with Gasteiger partial charge in [0.2, 0.25) is 0 Å². The van der Waals surface area contributed by atoms with Gasteiger partial charge < -0.3 is 10.1 Å². The summed E-state index contributed by atoms with van der Waals surface area (Å²) in [5, 5.41) is 3.47. The molecule has 0 saturated heterocycles. The summed E-state index contributed by atoms with van der Waals surface area (Å²) in [6, 6.07) is 13.0. The van der Waals surface area contributed by atoms with E-state index in [-0.39, 0.29) is 11.9 Å². The molecule has 0 radical (unpaired) electrons. The third-order valence-corrected chi connectivity index (χ3v) is 4.35. The van der Waals surface area contributed by atoms with Crippen LogP contribution in [0.25, 0.3) is 0 Å². The number of halogens is 1. The van der Waals surface area contributed by atoms with Crippen LogP contribution in [0, 0.1) is 0 Å². The largest absolute Gasteiger partial charge is 0.496 e. The van der Waals surface area contributed by atoms with E-state index < -0.39 is 0 Å². The molecule has 2 aromatic carbocycles. The molecule has 0 saturated carbocycles. The first-order valence-corrected chi connectivity index (χ1v) is 8.43. The van der Waals surface area contributed by atoms with Crippen molar-refractivity contribution in [2.45, 2.75) is 17.9 Å². The Morgan fingerprint density at radius 3 is 2.50 bits per heavy atom. The fraction of sp³-hybridized carbons (Fsp3) is 0.235. The minimum Gasteiger partial charge on any atom is -0.496 e. The van der Waals surface area contributed by atoms with Gasteiger partial charge in [-0.3, -0.25) is 4.79 Å². The molecule has 3 nitrogen and oxygen atoms in total. The molecule has 22 heavy (non-hydrogen) atoms. The number of hydrogen-bond donors (Lipinski definition) is 1. The van der Waals surface area contributed by atoms with Gasteiger partial charge in [0.15, 0.2) is 0 Å². The number of rotatable bonds is 5. The maximum atomic E-state index is 12.4. The zero-order valence-corrected chi connectivity index (χ0v) is 14.3. The van der Waals surface area contributed by atoms with Crippen molar-refractivity contribution in [3.8, 4) is 5.75 Å². The molecule has 2 rings (SSSR count). The molecule has 0 aromatic heterocycles. The smallest absolute Gasteiger partial charge is 0.255 e. The van der Waals surface area contributed by atoms with Crippen LogP contribution < -0.4 is 10.1 Å². The number of thioether (sulfide) groups is 1. The third-order valence-electron chi connectivity index (χ3n) is 3.37. The van der Waals surface area contributed by atoms with E-state index in [0.717, 1.165) is 5.56 Å². The molecule has 0 aliphatic carbocycles. The van der Waals surface area contributed by atoms with E-state index in [2.05, 4.69) is 5.32 Å². The van der Waals surface area contributed by atoms with Gasteiger partial charge in [0.1, 0.15) is 5.75 Å². The standard InChI is InChI=1S/C17H18ClNO2S/c1-11(12-4-7-14(22-3)8-5-12)19-17(20)15-10-13(18)6-9-16(15)21-2/h4-11H,1-3H3,(H,19,20)/t11-/m1/s1. The van der Waals surface area contributed by atoms with Crippen LogP contribution >= 0.6 is 23.4 Å². The summed E-state index contributed by atoms with van der Waals surface area (Å²) in [5.74, 6) is 0.299. The summed E-state index contributed by atoms with van der Waals surface area (Å²) < 4.78 is 5.22. The summed E-state index contributed by atoms with van der Waals surface area (Å²) in [7, 11) is 1.53. The van der Waals surface area contributed by atoms with Crippen molar-refractivity contribution in [2.75, 3.05) is 13.4 Å². The monoisotopic (exact) mass is 335 g/mol. The average Bonchev–Trinajstić information content (AvgIpc) is 2.54. The number of ether oxygens (including phenoxy) is 1. The minimum absolute atomic E-state index is 0.105. The number of methoxy groups -OCH3 is 1. The Morgan fingerprint density at radius 1 is 1.23 bits per heavy atom. The highest BCUT2D eigenvalue weighted by Crippen LogP contribution is 2.24. The van der Waals surface area contributed by atoms with Crippen LogP contribution in [-0.4, -0.2) is 19.3 Å². The van der Waals surface area contributed by atoms with Gasteiger partial charge in [0.25, 0.3) is 5.91 Å². The molecule has 0 spiro atoms. The van der Waals surface area contributed by atoms with Crippen LogP contribution in [0.4, 0.5) is 0 Å². The topological polar surface area (TPSA) is 38.3 Å². The predicted molar refractivity (Wildman–Crippen MR) is 92.1 cm³/mol. The molecule has 0 unspecified atom stereocenters. The van der Waals surface area contributed by atoms with Crippen LogP contribution in [0.3, 0.4) is 0 Å². The number of hydrogen-bond acceptors (Lipinski definition) is 3. The third kappa shape index (κ3) is 3.96. The second-order valence-electron chi connectivity index (χ2n) is 4.81. The van der Waals surface area contributed by atoms with E-state index in [4.69, 9.17) is 16.3 Å². The van der Waals surface area contributed by atoms with E-state index in [0.29, 0.717) is 16.3 Å². The molecule has 116 valence electrons. The Balaban J connectivity index is 2.15. The predicted octanol–water partition coefficient (Wildman–Crippen LogP) is 4.56. The number of benzene rings is 2. The second kappa shape index (κ2) is 7.56. The Labute approximate surface area is 140 Å². The van der Waals surface area contributed by atoms with Gasteiger partial charge in [-0.25, -0.2) is 0 Å². The lowest BCUT2D eigenvalue weighted by molar-refractivity contribution is 0.0937. The van der Waals surface area contributed by atoms with Gasteiger partial charge >= 0.3 is 0 Å². The van der Waals surface area contributed by atoms with Crippen molar-refractivity contribution in [3.05, 3.63) is 58.6 Å². The van der Waals surface area contributed by atoms with Crippen molar-refractivity contribution < 1.29 is 9.53 Å². The van der Waals surface area contributed by atoms with Crippen molar-refractivity contribution in [1.82, 2.24) is 5.32 Å². The van der Waals surface area contributed by atoms with E-state index in [1.54, 1.807) is 30.0 Å². The van der Waals surface area contributed by atoms with Crippen molar-refractivity contribution in [1.29, 1.82) is 0 Å². The highest BCUT2D eigenvalue weighted by molar-refractivity contribution is 7.98. The lowest BCUT2D eigenvalue weighted by Gasteiger charge is -2.16. The number of carbonyl (C=O) groups excluding carboxylic acids is 1. The molecule has 0 aliphatic rings. The van der Waals surface area contributed by atoms with Crippen LogP contribution in [0.2, 0.25) is 5.02 Å². The quantitative estimate of drug-likeness (QED) is 0.814. The fourth-order valence-electron chi connectivity index (χ4n) is 2.11. The Bertz CT molecular complexity index is 658. The van der Waals surface area contributed by atoms with Gasteiger partial charge in [-0.05, 0) is 49.1 Å². The van der Waals surface area contributed by atoms with Gasteiger partial charge in [0, 0.05) is 9.92 Å². The van der Waals surface area contributed by atoms with Crippen molar-refractivity contribution >= 4 is 29.3 Å². The molecule has 1 amide bonds. The van der Waals surface area contributed by atoms with E-state index in [9.17, 15) is 4.79 Å². The summed E-state index contributed by atoms with van der Waals surface area (Å²) >= 11 is 7.65. The minimum atomic E-state index is -0.208. The highest BCUT2D eigenvalue weighted by Gasteiger charge is 2.16. The maximum Gasteiger partial charge on any atom is 0.255 e. The molecular weight excluding hydrogens is 318 g/mol. The first-order valence-electron chi connectivity index (χ1n) is 6.83. The molecule has 0 bridgehead atoms. The summed E-state index contributed by atoms with van der Waals surface area (Å²) in [6.07, 6.45) is 2.03. The summed E-state index contributed by atoms with van der Waals surface area (Å²) in [5.41, 5.74) is 1.48. The van der Waals surface area contributed by atoms with Crippen LogP contribution in [0.5, 0.6) is 5.75 Å². The van der Waals surface area contributed by atoms with Gasteiger partial charge in [-0.1, -0.05) is 23.7 Å². The van der Waals surface area contributed by atoms with Gasteiger partial charge in [-0.15, -0.1) is 11.8 Å². The zero-order chi connectivity index (χ0) is 16.1. The molecule has 0 heterocycles. The molecule has 5 heteroatoms. The van der Waals surface area contributed by atoms with Crippen LogP contribution in [0.1, 0.15) is 28.9 Å². The van der Waals surface area contributed by atoms with E-state index in [1.165, 1.54) is 12.0 Å². The number of amides is 1. The normalized spacial score (nSPS) is 11.8. The number of carbonyl (C=O) groups is 1. The molecule has 2 aromatic rings. The van der Waals surface area contributed by atoms with Crippen LogP contribution in [-0.2, 0) is 0 Å². The SMILES string of the molecule is COc1ccc(Cl)cc1C(=O)N[C@H](C)c1ccc(SC)cc1. The maximum absolute atomic E-state index is 12.4. The van der Waals surface area contributed by atoms with Gasteiger partial charge in [-0.2, -0.15) is 0 Å². The van der Waals surface area contributed by atoms with Crippen molar-refractivity contribution in [3.63, 3.8) is 0 Å². The Hall–Kier alpha value is -1.65. The first kappa shape index (κ1) is 16.7.